The van der Waals surface area contributed by atoms with Crippen LogP contribution in [0.25, 0.3) is 0 Å². The van der Waals surface area contributed by atoms with Gasteiger partial charge < -0.3 is 10.1 Å². The smallest absolute Gasteiger partial charge is 0.270 e. The summed E-state index contributed by atoms with van der Waals surface area (Å²) in [5.41, 5.74) is 0.0998. The van der Waals surface area contributed by atoms with Gasteiger partial charge in [-0.05, 0) is 36.6 Å². The number of amides is 1. The summed E-state index contributed by atoms with van der Waals surface area (Å²) in [6.45, 7) is 2.54. The van der Waals surface area contributed by atoms with E-state index >= 15 is 0 Å². The molecule has 1 aliphatic heterocycles. The van der Waals surface area contributed by atoms with Crippen LogP contribution in [0.5, 0.6) is 5.75 Å². The first-order chi connectivity index (χ1) is 15.0. The third kappa shape index (κ3) is 6.29. The van der Waals surface area contributed by atoms with Crippen molar-refractivity contribution in [2.24, 2.45) is 5.92 Å². The molecule has 0 bridgehead atoms. The number of sulfonamides is 1. The number of alkyl halides is 2. The second kappa shape index (κ2) is 9.87. The van der Waals surface area contributed by atoms with E-state index in [1.165, 1.54) is 43.5 Å². The lowest BCUT2D eigenvalue weighted by Crippen LogP contribution is -2.18. The maximum atomic E-state index is 13.6. The summed E-state index contributed by atoms with van der Waals surface area (Å²) in [5.74, 6) is -2.96. The van der Waals surface area contributed by atoms with Gasteiger partial charge in [-0.25, -0.2) is 20.3 Å². The van der Waals surface area contributed by atoms with Gasteiger partial charge in [-0.3, -0.25) is 9.52 Å². The van der Waals surface area contributed by atoms with Gasteiger partial charge in [0, 0.05) is 72.3 Å². The van der Waals surface area contributed by atoms with Crippen LogP contribution in [0.2, 0.25) is 0 Å². The molecule has 0 radical (unpaired) electrons. The molecule has 1 unspecified atom stereocenters. The van der Waals surface area contributed by atoms with Crippen molar-refractivity contribution in [1.82, 2.24) is 3.11 Å². The number of halogens is 3. The van der Waals surface area contributed by atoms with Crippen molar-refractivity contribution in [3.8, 4) is 5.75 Å². The molecule has 1 amide bonds. The second-order valence-electron chi connectivity index (χ2n) is 7.72. The highest BCUT2D eigenvalue weighted by molar-refractivity contribution is 14.1. The molecule has 3 rings (SSSR count). The van der Waals surface area contributed by atoms with Gasteiger partial charge in [-0.2, -0.15) is 0 Å². The van der Waals surface area contributed by atoms with Crippen molar-refractivity contribution in [3.05, 3.63) is 48.0 Å². The zero-order valence-corrected chi connectivity index (χ0v) is 20.5. The molecule has 1 atom stereocenters. The first kappa shape index (κ1) is 24.6. The van der Waals surface area contributed by atoms with Crippen LogP contribution < -0.4 is 14.8 Å². The van der Waals surface area contributed by atoms with Crippen molar-refractivity contribution >= 4 is 50.2 Å². The van der Waals surface area contributed by atoms with Gasteiger partial charge in [0.25, 0.3) is 15.9 Å². The van der Waals surface area contributed by atoms with Crippen molar-refractivity contribution in [2.45, 2.75) is 30.6 Å². The van der Waals surface area contributed by atoms with Crippen molar-refractivity contribution in [1.29, 1.82) is 0 Å². The molecule has 7 nitrogen and oxygen atoms in total. The fourth-order valence-corrected chi connectivity index (χ4v) is 5.50. The van der Waals surface area contributed by atoms with E-state index in [4.69, 9.17) is 4.74 Å². The minimum Gasteiger partial charge on any atom is -0.495 e. The van der Waals surface area contributed by atoms with E-state index < -0.39 is 15.9 Å². The second-order valence-corrected chi connectivity index (χ2v) is 10.7. The molecule has 174 valence electrons. The summed E-state index contributed by atoms with van der Waals surface area (Å²) >= 11 is 2.24. The number of hydrogen-bond acceptors (Lipinski definition) is 5. The lowest BCUT2D eigenvalue weighted by Gasteiger charge is -2.16. The first-order valence-corrected chi connectivity index (χ1v) is 12.3. The lowest BCUT2D eigenvalue weighted by molar-refractivity contribution is -0.117. The highest BCUT2D eigenvalue weighted by Gasteiger charge is 2.26. The maximum absolute atomic E-state index is 13.6. The molecule has 2 N–H and O–H groups in total. The number of methoxy groups -OCH3 is 1. The van der Waals surface area contributed by atoms with Gasteiger partial charge in [0.15, 0.2) is 0 Å². The number of hydrogen-bond donors (Lipinski definition) is 2. The van der Waals surface area contributed by atoms with Crippen molar-refractivity contribution in [2.75, 3.05) is 30.2 Å². The summed E-state index contributed by atoms with van der Waals surface area (Å²) < 4.78 is 62.5. The van der Waals surface area contributed by atoms with E-state index in [2.05, 4.69) is 36.0 Å². The molecular formula is C21H24F2IN3O4S. The molecule has 32 heavy (non-hydrogen) atoms. The average Bonchev–Trinajstić information content (AvgIpc) is 3.11. The van der Waals surface area contributed by atoms with Crippen LogP contribution in [0.3, 0.4) is 0 Å². The van der Waals surface area contributed by atoms with Gasteiger partial charge in [0.05, 0.1) is 7.11 Å². The van der Waals surface area contributed by atoms with E-state index in [9.17, 15) is 22.0 Å². The van der Waals surface area contributed by atoms with E-state index in [1.54, 1.807) is 0 Å². The SMILES string of the molecule is COc1cc(NC(=O)CC2CCN(I)C2)ccc1S(=O)(=O)Nc1cccc(C(C)(F)F)c1. The van der Waals surface area contributed by atoms with Crippen LogP contribution in [0.15, 0.2) is 47.4 Å². The predicted molar refractivity (Wildman–Crippen MR) is 127 cm³/mol. The number of anilines is 2. The number of benzene rings is 2. The summed E-state index contributed by atoms with van der Waals surface area (Å²) in [6.07, 6.45) is 1.33. The quantitative estimate of drug-likeness (QED) is 0.353. The fraction of sp³-hybridized carbons (Fsp3) is 0.381. The van der Waals surface area contributed by atoms with Crippen LogP contribution >= 0.6 is 22.9 Å². The standard InChI is InChI=1S/C21H24F2IN3O4S/c1-21(22,23)15-4-3-5-17(11-15)26-32(29,30)19-7-6-16(12-18(19)31-2)25-20(28)10-14-8-9-27(24)13-14/h3-7,11-12,14,26H,8-10,13H2,1-2H3,(H,25,28). The molecule has 0 aliphatic carbocycles. The summed E-state index contributed by atoms with van der Waals surface area (Å²) in [4.78, 5) is 12.2. The van der Waals surface area contributed by atoms with E-state index in [-0.39, 0.29) is 33.7 Å². The Morgan fingerprint density at radius 3 is 2.62 bits per heavy atom. The Morgan fingerprint density at radius 2 is 2.00 bits per heavy atom. The zero-order valence-electron chi connectivity index (χ0n) is 17.6. The van der Waals surface area contributed by atoms with Crippen LogP contribution in [0, 0.1) is 5.92 Å². The Hall–Kier alpha value is -1.99. The van der Waals surface area contributed by atoms with Crippen LogP contribution in [0.1, 0.15) is 25.3 Å². The average molecular weight is 579 g/mol. The Morgan fingerprint density at radius 1 is 1.25 bits per heavy atom. The van der Waals surface area contributed by atoms with Crippen LogP contribution in [0.4, 0.5) is 20.2 Å². The highest BCUT2D eigenvalue weighted by atomic mass is 127. The number of carbonyl (C=O) groups is 1. The van der Waals surface area contributed by atoms with Gasteiger partial charge in [-0.15, -0.1) is 0 Å². The summed E-state index contributed by atoms with van der Waals surface area (Å²) in [6, 6.07) is 9.22. The lowest BCUT2D eigenvalue weighted by atomic mass is 10.0. The number of nitrogens with zero attached hydrogens (tertiary/aromatic N) is 1. The van der Waals surface area contributed by atoms with E-state index in [1.807, 2.05) is 0 Å². The van der Waals surface area contributed by atoms with E-state index in [0.29, 0.717) is 12.1 Å². The summed E-state index contributed by atoms with van der Waals surface area (Å²) in [7, 11) is -2.82. The third-order valence-corrected chi connectivity index (χ3v) is 7.37. The fourth-order valence-electron chi connectivity index (χ4n) is 3.46. The molecule has 1 aliphatic rings. The van der Waals surface area contributed by atoms with Gasteiger partial charge in [-0.1, -0.05) is 12.1 Å². The molecule has 1 fully saturated rings. The van der Waals surface area contributed by atoms with Gasteiger partial charge >= 0.3 is 0 Å². The van der Waals surface area contributed by atoms with Crippen LogP contribution in [-0.2, 0) is 20.7 Å². The highest BCUT2D eigenvalue weighted by Crippen LogP contribution is 2.32. The predicted octanol–water partition coefficient (Wildman–Crippen LogP) is 4.61. The Balaban J connectivity index is 1.75. The maximum Gasteiger partial charge on any atom is 0.270 e. The minimum absolute atomic E-state index is 0.00401. The molecule has 11 heteroatoms. The largest absolute Gasteiger partial charge is 0.495 e. The number of carbonyl (C=O) groups excluding carboxylic acids is 1. The molecule has 2 aromatic rings. The molecular weight excluding hydrogens is 555 g/mol. The van der Waals surface area contributed by atoms with Gasteiger partial charge in [0.2, 0.25) is 5.91 Å². The Bertz CT molecular complexity index is 1090. The van der Waals surface area contributed by atoms with E-state index in [0.717, 1.165) is 32.5 Å². The molecule has 2 aromatic carbocycles. The molecule has 1 saturated heterocycles. The number of rotatable bonds is 8. The van der Waals surface area contributed by atoms with Crippen molar-refractivity contribution in [3.63, 3.8) is 0 Å². The van der Waals surface area contributed by atoms with Gasteiger partial charge in [0.1, 0.15) is 10.6 Å². The molecule has 0 aromatic heterocycles. The summed E-state index contributed by atoms with van der Waals surface area (Å²) in [5, 5.41) is 2.77. The number of ether oxygens (including phenoxy) is 1. The Kier molecular flexibility index (Phi) is 7.61. The molecule has 0 spiro atoms. The third-order valence-electron chi connectivity index (χ3n) is 5.07. The first-order valence-electron chi connectivity index (χ1n) is 9.88. The normalized spacial score (nSPS) is 17.2. The monoisotopic (exact) mass is 579 g/mol. The molecule has 1 heterocycles. The zero-order chi connectivity index (χ0) is 23.5. The topological polar surface area (TPSA) is 87.7 Å². The van der Waals surface area contributed by atoms with Crippen molar-refractivity contribution < 1.29 is 26.7 Å². The molecule has 0 saturated carbocycles. The van der Waals surface area contributed by atoms with Crippen LogP contribution in [-0.4, -0.2) is 37.6 Å². The number of nitrogens with one attached hydrogen (secondary N) is 2. The Labute approximate surface area is 200 Å². The minimum atomic E-state index is -4.13.